The molecule has 5 rings (SSSR count). The highest BCUT2D eigenvalue weighted by molar-refractivity contribution is 5.74. The van der Waals surface area contributed by atoms with E-state index in [0.29, 0.717) is 29.6 Å². The third-order valence-corrected chi connectivity index (χ3v) is 8.43. The normalized spacial score (nSPS) is 49.8. The van der Waals surface area contributed by atoms with Crippen LogP contribution in [0.2, 0.25) is 0 Å². The Labute approximate surface area is 152 Å². The lowest BCUT2D eigenvalue weighted by molar-refractivity contribution is -0.172. The molecule has 8 unspecified atom stereocenters. The third kappa shape index (κ3) is 2.46. The molecule has 0 heterocycles. The zero-order valence-electron chi connectivity index (χ0n) is 15.7. The average Bonchev–Trinajstić information content (AvgIpc) is 3.39. The number of hydrogen-bond acceptors (Lipinski definition) is 2. The molecule has 0 aromatic carbocycles. The molecule has 2 nitrogen and oxygen atoms in total. The Hall–Kier alpha value is -1.05. The number of hydrogen-bond donors (Lipinski definition) is 0. The van der Waals surface area contributed by atoms with Crippen LogP contribution in [0.1, 0.15) is 65.2 Å². The Morgan fingerprint density at radius 3 is 2.68 bits per heavy atom. The van der Waals surface area contributed by atoms with E-state index in [1.165, 1.54) is 32.1 Å². The minimum absolute atomic E-state index is 0.119. The van der Waals surface area contributed by atoms with Gasteiger partial charge >= 0.3 is 5.97 Å². The van der Waals surface area contributed by atoms with Crippen molar-refractivity contribution in [1.82, 2.24) is 0 Å². The Balaban J connectivity index is 1.27. The molecule has 2 heteroatoms. The first-order chi connectivity index (χ1) is 12.1. The predicted molar refractivity (Wildman–Crippen MR) is 98.8 cm³/mol. The number of carbonyl (C=O) groups is 1. The molecule has 8 atom stereocenters. The molecule has 5 aliphatic rings. The first-order valence-electron chi connectivity index (χ1n) is 10.7. The number of esters is 1. The van der Waals surface area contributed by atoms with Crippen LogP contribution in [0.25, 0.3) is 0 Å². The van der Waals surface area contributed by atoms with Gasteiger partial charge in [-0.05, 0) is 86.9 Å². The molecule has 3 saturated carbocycles. The van der Waals surface area contributed by atoms with Crippen molar-refractivity contribution in [3.8, 4) is 0 Å². The van der Waals surface area contributed by atoms with Gasteiger partial charge in [-0.1, -0.05) is 37.6 Å². The lowest BCUT2D eigenvalue weighted by Crippen LogP contribution is -2.41. The highest BCUT2D eigenvalue weighted by atomic mass is 16.6. The molecule has 136 valence electrons. The van der Waals surface area contributed by atoms with Gasteiger partial charge in [0, 0.05) is 0 Å². The highest BCUT2D eigenvalue weighted by Gasteiger charge is 2.53. The van der Waals surface area contributed by atoms with E-state index in [1.54, 1.807) is 5.57 Å². The fourth-order valence-corrected chi connectivity index (χ4v) is 7.06. The summed E-state index contributed by atoms with van der Waals surface area (Å²) < 4.78 is 6.34. The van der Waals surface area contributed by atoms with Crippen LogP contribution in [0.3, 0.4) is 0 Å². The van der Waals surface area contributed by atoms with Crippen molar-refractivity contribution in [1.29, 1.82) is 0 Å². The smallest absolute Gasteiger partial charge is 0.309 e. The number of allylic oxidation sites excluding steroid dienone is 4. The first kappa shape index (κ1) is 16.1. The van der Waals surface area contributed by atoms with Gasteiger partial charge in [0.15, 0.2) is 0 Å². The summed E-state index contributed by atoms with van der Waals surface area (Å²) in [7, 11) is 0. The largest absolute Gasteiger partial charge is 0.459 e. The molecular formula is C23H32O2. The minimum Gasteiger partial charge on any atom is -0.459 e. The fourth-order valence-electron chi connectivity index (χ4n) is 7.06. The van der Waals surface area contributed by atoms with Gasteiger partial charge in [0.1, 0.15) is 5.60 Å². The van der Waals surface area contributed by atoms with E-state index >= 15 is 0 Å². The lowest BCUT2D eigenvalue weighted by atomic mass is 9.81. The molecule has 25 heavy (non-hydrogen) atoms. The molecule has 5 aliphatic carbocycles. The van der Waals surface area contributed by atoms with Crippen molar-refractivity contribution in [3.63, 3.8) is 0 Å². The van der Waals surface area contributed by atoms with Gasteiger partial charge in [-0.15, -0.1) is 0 Å². The predicted octanol–water partition coefficient (Wildman–Crippen LogP) is 5.29. The van der Waals surface area contributed by atoms with Gasteiger partial charge in [0.2, 0.25) is 0 Å². The van der Waals surface area contributed by atoms with Crippen LogP contribution in [0.4, 0.5) is 0 Å². The summed E-state index contributed by atoms with van der Waals surface area (Å²) >= 11 is 0. The lowest BCUT2D eigenvalue weighted by Gasteiger charge is -2.37. The molecule has 0 aliphatic heterocycles. The maximum absolute atomic E-state index is 13.1. The van der Waals surface area contributed by atoms with Crippen LogP contribution in [-0.4, -0.2) is 11.6 Å². The van der Waals surface area contributed by atoms with Crippen LogP contribution >= 0.6 is 0 Å². The van der Waals surface area contributed by atoms with Gasteiger partial charge in [-0.3, -0.25) is 4.79 Å². The topological polar surface area (TPSA) is 26.3 Å². The Kier molecular flexibility index (Phi) is 3.70. The first-order valence-corrected chi connectivity index (χ1v) is 10.7. The molecule has 3 fully saturated rings. The molecule has 0 amide bonds. The van der Waals surface area contributed by atoms with Gasteiger partial charge in [-0.25, -0.2) is 0 Å². The van der Waals surface area contributed by atoms with Gasteiger partial charge < -0.3 is 4.74 Å². The number of ether oxygens (including phenoxy) is 1. The maximum Gasteiger partial charge on any atom is 0.309 e. The van der Waals surface area contributed by atoms with E-state index in [9.17, 15) is 4.79 Å². The van der Waals surface area contributed by atoms with E-state index in [2.05, 4.69) is 32.1 Å². The second-order valence-corrected chi connectivity index (χ2v) is 9.73. The second kappa shape index (κ2) is 5.72. The van der Waals surface area contributed by atoms with Crippen molar-refractivity contribution in [2.75, 3.05) is 0 Å². The molecule has 0 aromatic heterocycles. The summed E-state index contributed by atoms with van der Waals surface area (Å²) in [5, 5.41) is 0. The molecule has 4 bridgehead atoms. The van der Waals surface area contributed by atoms with Crippen LogP contribution in [-0.2, 0) is 9.53 Å². The summed E-state index contributed by atoms with van der Waals surface area (Å²) in [5.74, 6) is 4.14. The van der Waals surface area contributed by atoms with Crippen LogP contribution in [0.15, 0.2) is 23.8 Å². The van der Waals surface area contributed by atoms with E-state index in [0.717, 1.165) is 25.2 Å². The molecule has 0 aromatic rings. The van der Waals surface area contributed by atoms with Gasteiger partial charge in [-0.2, -0.15) is 0 Å². The Bertz CT molecular complexity index is 632. The highest BCUT2D eigenvalue weighted by Crippen LogP contribution is 2.55. The van der Waals surface area contributed by atoms with E-state index in [4.69, 9.17) is 4.74 Å². The van der Waals surface area contributed by atoms with Crippen molar-refractivity contribution in [2.45, 2.75) is 70.8 Å². The number of rotatable bonds is 4. The van der Waals surface area contributed by atoms with Crippen LogP contribution < -0.4 is 0 Å². The summed E-state index contributed by atoms with van der Waals surface area (Å²) in [5.41, 5.74) is 1.52. The van der Waals surface area contributed by atoms with E-state index in [1.807, 2.05) is 0 Å². The summed E-state index contributed by atoms with van der Waals surface area (Å²) in [6.45, 7) is 4.50. The van der Waals surface area contributed by atoms with Gasteiger partial charge in [0.25, 0.3) is 0 Å². The maximum atomic E-state index is 13.1. The average molecular weight is 341 g/mol. The minimum atomic E-state index is -0.119. The summed E-state index contributed by atoms with van der Waals surface area (Å²) in [6.07, 6.45) is 16.8. The van der Waals surface area contributed by atoms with Crippen LogP contribution in [0.5, 0.6) is 0 Å². The third-order valence-electron chi connectivity index (χ3n) is 8.43. The van der Waals surface area contributed by atoms with Crippen molar-refractivity contribution in [3.05, 3.63) is 23.8 Å². The molecule has 0 N–H and O–H groups in total. The standard InChI is InChI=1S/C23H32O2/c1-3-23(13-16-5-7-19(23)10-16)25-22(24)20-12-18(8-14(20)2)21-11-15-4-6-17(21)9-15/h4,6,11,14-20H,3,5,7-10,12-13H2,1-2H3. The Morgan fingerprint density at radius 2 is 2.08 bits per heavy atom. The quantitative estimate of drug-likeness (QED) is 0.513. The van der Waals surface area contributed by atoms with Crippen LogP contribution in [0, 0.1) is 41.4 Å². The zero-order valence-corrected chi connectivity index (χ0v) is 15.7. The van der Waals surface area contributed by atoms with E-state index in [-0.39, 0.29) is 17.5 Å². The second-order valence-electron chi connectivity index (χ2n) is 9.73. The van der Waals surface area contributed by atoms with E-state index < -0.39 is 0 Å². The fraction of sp³-hybridized carbons (Fsp3) is 0.783. The van der Waals surface area contributed by atoms with Crippen molar-refractivity contribution >= 4 is 5.97 Å². The SMILES string of the molecule is CCC1(OC(=O)C2CC(C3=CC4C=CC3C4)CC2C)CC2CCC1C2. The zero-order chi connectivity index (χ0) is 17.2. The molecule has 0 saturated heterocycles. The monoisotopic (exact) mass is 340 g/mol. The van der Waals surface area contributed by atoms with Crippen molar-refractivity contribution < 1.29 is 9.53 Å². The van der Waals surface area contributed by atoms with Crippen molar-refractivity contribution in [2.24, 2.45) is 41.4 Å². The number of fused-ring (bicyclic) bond motifs is 4. The Morgan fingerprint density at radius 1 is 1.20 bits per heavy atom. The van der Waals surface area contributed by atoms with Gasteiger partial charge in [0.05, 0.1) is 5.92 Å². The summed E-state index contributed by atoms with van der Waals surface area (Å²) in [6, 6.07) is 0. The molecule has 0 radical (unpaired) electrons. The molecule has 0 spiro atoms. The summed E-state index contributed by atoms with van der Waals surface area (Å²) in [4.78, 5) is 13.1. The number of carbonyl (C=O) groups excluding carboxylic acids is 1. The molecular weight excluding hydrogens is 308 g/mol.